The predicted octanol–water partition coefficient (Wildman–Crippen LogP) is 4.62. The van der Waals surface area contributed by atoms with E-state index in [0.717, 1.165) is 11.1 Å². The summed E-state index contributed by atoms with van der Waals surface area (Å²) in [6.07, 6.45) is 0.780. The quantitative estimate of drug-likeness (QED) is 0.512. The van der Waals surface area contributed by atoms with Crippen LogP contribution in [0.2, 0.25) is 10.0 Å². The first kappa shape index (κ1) is 21.1. The number of sulfonamides is 1. The number of hydrogen-bond donors (Lipinski definition) is 0. The monoisotopic (exact) mass is 441 g/mol. The molecule has 1 heterocycles. The van der Waals surface area contributed by atoms with Gasteiger partial charge in [0.05, 0.1) is 10.9 Å². The lowest BCUT2D eigenvalue weighted by Gasteiger charge is -2.30. The van der Waals surface area contributed by atoms with Crippen LogP contribution in [0.1, 0.15) is 24.0 Å². The number of esters is 1. The molecule has 1 aliphatic heterocycles. The number of aryl methyl sites for hydroxylation is 2. The zero-order chi connectivity index (χ0) is 20.5. The van der Waals surface area contributed by atoms with Gasteiger partial charge in [-0.2, -0.15) is 4.31 Å². The molecule has 0 radical (unpaired) electrons. The van der Waals surface area contributed by atoms with E-state index in [1.54, 1.807) is 6.07 Å². The van der Waals surface area contributed by atoms with Gasteiger partial charge in [-0.05, 0) is 56.0 Å². The van der Waals surface area contributed by atoms with E-state index >= 15 is 0 Å². The van der Waals surface area contributed by atoms with Crippen molar-refractivity contribution >= 4 is 39.2 Å². The summed E-state index contributed by atoms with van der Waals surface area (Å²) in [4.78, 5) is 12.6. The lowest BCUT2D eigenvalue weighted by atomic mass is 9.98. The molecule has 8 heteroatoms. The first-order valence-corrected chi connectivity index (χ1v) is 11.1. The summed E-state index contributed by atoms with van der Waals surface area (Å²) < 4.78 is 32.7. The summed E-state index contributed by atoms with van der Waals surface area (Å²) in [5.74, 6) is -0.0937. The van der Waals surface area contributed by atoms with E-state index in [0.29, 0.717) is 23.6 Å². The molecular weight excluding hydrogens is 421 g/mol. The lowest BCUT2D eigenvalue weighted by Crippen LogP contribution is -2.41. The standard InChI is InChI=1S/C20H21Cl2NO4S/c1-13-4-3-5-14(2)19(13)27-20(24)15-8-10-23(11-9-15)28(25,26)18-12-16(21)6-7-17(18)22/h3-7,12,15H,8-11H2,1-2H3. The second-order valence-electron chi connectivity index (χ2n) is 6.90. The molecule has 0 bridgehead atoms. The second kappa shape index (κ2) is 8.41. The minimum Gasteiger partial charge on any atom is -0.426 e. The van der Waals surface area contributed by atoms with Crippen molar-refractivity contribution in [2.75, 3.05) is 13.1 Å². The van der Waals surface area contributed by atoms with Gasteiger partial charge in [0.15, 0.2) is 0 Å². The highest BCUT2D eigenvalue weighted by molar-refractivity contribution is 7.89. The van der Waals surface area contributed by atoms with Crippen molar-refractivity contribution in [2.45, 2.75) is 31.6 Å². The van der Waals surface area contributed by atoms with Crippen LogP contribution in [-0.2, 0) is 14.8 Å². The average Bonchev–Trinajstić information content (AvgIpc) is 2.66. The van der Waals surface area contributed by atoms with Crippen LogP contribution < -0.4 is 4.74 Å². The van der Waals surface area contributed by atoms with Gasteiger partial charge in [0.2, 0.25) is 10.0 Å². The fourth-order valence-electron chi connectivity index (χ4n) is 3.29. The molecule has 0 aliphatic carbocycles. The molecule has 150 valence electrons. The summed E-state index contributed by atoms with van der Waals surface area (Å²) in [6, 6.07) is 10.0. The van der Waals surface area contributed by atoms with E-state index in [-0.39, 0.29) is 34.9 Å². The van der Waals surface area contributed by atoms with E-state index in [1.807, 2.05) is 32.0 Å². The SMILES string of the molecule is Cc1cccc(C)c1OC(=O)C1CCN(S(=O)(=O)c2cc(Cl)ccc2Cl)CC1. The first-order chi connectivity index (χ1) is 13.2. The van der Waals surface area contributed by atoms with Crippen LogP contribution in [0.15, 0.2) is 41.3 Å². The van der Waals surface area contributed by atoms with E-state index in [2.05, 4.69) is 0 Å². The normalized spacial score (nSPS) is 16.1. The Bertz CT molecular complexity index is 979. The zero-order valence-electron chi connectivity index (χ0n) is 15.6. The van der Waals surface area contributed by atoms with Crippen LogP contribution in [0, 0.1) is 19.8 Å². The van der Waals surface area contributed by atoms with Crippen LogP contribution in [0.4, 0.5) is 0 Å². The molecule has 0 spiro atoms. The summed E-state index contributed by atoms with van der Waals surface area (Å²) >= 11 is 12.0. The molecule has 3 rings (SSSR count). The largest absolute Gasteiger partial charge is 0.426 e. The number of carbonyl (C=O) groups is 1. The van der Waals surface area contributed by atoms with Gasteiger partial charge in [0, 0.05) is 18.1 Å². The highest BCUT2D eigenvalue weighted by Gasteiger charge is 2.34. The van der Waals surface area contributed by atoms with Crippen LogP contribution in [0.5, 0.6) is 5.75 Å². The molecule has 0 atom stereocenters. The van der Waals surface area contributed by atoms with Gasteiger partial charge in [-0.1, -0.05) is 41.4 Å². The van der Waals surface area contributed by atoms with Gasteiger partial charge in [-0.3, -0.25) is 4.79 Å². The molecule has 5 nitrogen and oxygen atoms in total. The summed E-state index contributed by atoms with van der Waals surface area (Å²) in [6.45, 7) is 4.22. The van der Waals surface area contributed by atoms with Gasteiger partial charge in [-0.15, -0.1) is 0 Å². The Hall–Kier alpha value is -1.60. The maximum atomic E-state index is 12.9. The van der Waals surface area contributed by atoms with Gasteiger partial charge < -0.3 is 4.74 Å². The summed E-state index contributed by atoms with van der Waals surface area (Å²) in [5, 5.41) is 0.427. The highest BCUT2D eigenvalue weighted by Crippen LogP contribution is 2.31. The molecule has 0 unspecified atom stereocenters. The van der Waals surface area contributed by atoms with Crippen LogP contribution >= 0.6 is 23.2 Å². The smallest absolute Gasteiger partial charge is 0.314 e. The van der Waals surface area contributed by atoms with Crippen LogP contribution in [-0.4, -0.2) is 31.8 Å². The fraction of sp³-hybridized carbons (Fsp3) is 0.350. The van der Waals surface area contributed by atoms with Gasteiger partial charge in [0.1, 0.15) is 10.6 Å². The molecule has 2 aromatic carbocycles. The molecule has 0 saturated carbocycles. The number of para-hydroxylation sites is 1. The fourth-order valence-corrected chi connectivity index (χ4v) is 5.50. The molecule has 0 N–H and O–H groups in total. The van der Waals surface area contributed by atoms with Crippen molar-refractivity contribution < 1.29 is 17.9 Å². The molecule has 1 fully saturated rings. The third kappa shape index (κ3) is 4.35. The number of halogens is 2. The highest BCUT2D eigenvalue weighted by atomic mass is 35.5. The summed E-state index contributed by atoms with van der Waals surface area (Å²) in [7, 11) is -3.77. The third-order valence-corrected chi connectivity index (χ3v) is 7.53. The molecule has 1 saturated heterocycles. The Balaban J connectivity index is 1.69. The number of carbonyl (C=O) groups excluding carboxylic acids is 1. The Morgan fingerprint density at radius 3 is 2.29 bits per heavy atom. The van der Waals surface area contributed by atoms with Crippen molar-refractivity contribution in [2.24, 2.45) is 5.92 Å². The zero-order valence-corrected chi connectivity index (χ0v) is 17.9. The van der Waals surface area contributed by atoms with Crippen molar-refractivity contribution in [1.82, 2.24) is 4.31 Å². The molecular formula is C20H21Cl2NO4S. The third-order valence-electron chi connectivity index (χ3n) is 4.91. The van der Waals surface area contributed by atoms with Crippen molar-refractivity contribution in [3.63, 3.8) is 0 Å². The Morgan fingerprint density at radius 1 is 1.07 bits per heavy atom. The second-order valence-corrected chi connectivity index (χ2v) is 9.65. The lowest BCUT2D eigenvalue weighted by molar-refractivity contribution is -0.140. The molecule has 0 aromatic heterocycles. The number of nitrogens with zero attached hydrogens (tertiary/aromatic N) is 1. The van der Waals surface area contributed by atoms with E-state index in [1.165, 1.54) is 16.4 Å². The van der Waals surface area contributed by atoms with E-state index < -0.39 is 10.0 Å². The predicted molar refractivity (Wildman–Crippen MR) is 109 cm³/mol. The maximum Gasteiger partial charge on any atom is 0.314 e. The number of benzene rings is 2. The maximum absolute atomic E-state index is 12.9. The van der Waals surface area contributed by atoms with Crippen LogP contribution in [0.25, 0.3) is 0 Å². The van der Waals surface area contributed by atoms with Crippen molar-refractivity contribution in [3.05, 3.63) is 57.6 Å². The minimum absolute atomic E-state index is 0.0155. The molecule has 28 heavy (non-hydrogen) atoms. The summed E-state index contributed by atoms with van der Waals surface area (Å²) in [5.41, 5.74) is 1.79. The van der Waals surface area contributed by atoms with E-state index in [4.69, 9.17) is 27.9 Å². The van der Waals surface area contributed by atoms with E-state index in [9.17, 15) is 13.2 Å². The Kier molecular flexibility index (Phi) is 6.34. The molecule has 1 aliphatic rings. The van der Waals surface area contributed by atoms with Gasteiger partial charge >= 0.3 is 5.97 Å². The molecule has 2 aromatic rings. The minimum atomic E-state index is -3.77. The van der Waals surface area contributed by atoms with Crippen molar-refractivity contribution in [3.8, 4) is 5.75 Å². The van der Waals surface area contributed by atoms with Gasteiger partial charge in [-0.25, -0.2) is 8.42 Å². The van der Waals surface area contributed by atoms with Gasteiger partial charge in [0.25, 0.3) is 0 Å². The first-order valence-electron chi connectivity index (χ1n) is 8.93. The van der Waals surface area contributed by atoms with Crippen LogP contribution in [0.3, 0.4) is 0 Å². The Morgan fingerprint density at radius 2 is 1.68 bits per heavy atom. The molecule has 0 amide bonds. The topological polar surface area (TPSA) is 63.7 Å². The number of hydrogen-bond acceptors (Lipinski definition) is 4. The number of rotatable bonds is 4. The average molecular weight is 442 g/mol. The number of piperidine rings is 1. The Labute approximate surface area is 175 Å². The number of ether oxygens (including phenoxy) is 1. The van der Waals surface area contributed by atoms with Crippen molar-refractivity contribution in [1.29, 1.82) is 0 Å².